The second-order valence-electron chi connectivity index (χ2n) is 8.41. The first-order valence-corrected chi connectivity index (χ1v) is 11.5. The molecule has 0 aliphatic heterocycles. The van der Waals surface area contributed by atoms with Crippen LogP contribution in [0, 0.1) is 12.7 Å². The minimum atomic E-state index is -1.15. The van der Waals surface area contributed by atoms with E-state index >= 15 is 0 Å². The topological polar surface area (TPSA) is 136 Å². The molecule has 1 amide bonds. The van der Waals surface area contributed by atoms with Gasteiger partial charge in [-0.2, -0.15) is 0 Å². The Morgan fingerprint density at radius 3 is 2.61 bits per heavy atom. The fourth-order valence-corrected chi connectivity index (χ4v) is 4.03. The summed E-state index contributed by atoms with van der Waals surface area (Å²) in [7, 11) is 0. The number of aryl methyl sites for hydroxylation is 2. The van der Waals surface area contributed by atoms with Gasteiger partial charge in [0.1, 0.15) is 17.7 Å². The first-order valence-electron chi connectivity index (χ1n) is 11.5. The maximum Gasteiger partial charge on any atom is 0.326 e. The molecule has 0 aliphatic carbocycles. The molecule has 9 nitrogen and oxygen atoms in total. The Hall–Kier alpha value is -4.47. The minimum Gasteiger partial charge on any atom is -0.480 e. The maximum atomic E-state index is 13.8. The van der Waals surface area contributed by atoms with E-state index in [0.29, 0.717) is 35.6 Å². The average molecular weight is 491 g/mol. The molecule has 2 aromatic heterocycles. The normalized spacial score (nSPS) is 11.8. The number of carboxylic acid groups (broad SMARTS) is 1. The Morgan fingerprint density at radius 1 is 1.17 bits per heavy atom. The van der Waals surface area contributed by atoms with Crippen molar-refractivity contribution in [2.24, 2.45) is 0 Å². The third kappa shape index (κ3) is 5.77. The number of halogens is 1. The highest BCUT2D eigenvalue weighted by atomic mass is 19.1. The van der Waals surface area contributed by atoms with Crippen LogP contribution in [0.25, 0.3) is 11.3 Å². The lowest BCUT2D eigenvalue weighted by Crippen LogP contribution is -2.42. The number of carbonyl (C=O) groups is 2. The van der Waals surface area contributed by atoms with Gasteiger partial charge in [-0.15, -0.1) is 0 Å². The van der Waals surface area contributed by atoms with Crippen LogP contribution in [0.3, 0.4) is 0 Å². The number of H-pyrrole nitrogens is 2. The fourth-order valence-electron chi connectivity index (χ4n) is 4.03. The van der Waals surface area contributed by atoms with Crippen LogP contribution in [0.15, 0.2) is 55.0 Å². The SMILES string of the molecule is CCc1cc(F)cc(C)c1C(=O)NC(Cc1ccc(-c2cnc(CNc3ncc[nH]3)[nH]2)cc1)C(=O)O. The van der Waals surface area contributed by atoms with Crippen LogP contribution in [0.4, 0.5) is 10.3 Å². The fraction of sp³-hybridized carbons (Fsp3) is 0.231. The van der Waals surface area contributed by atoms with Crippen molar-refractivity contribution in [1.29, 1.82) is 0 Å². The predicted molar refractivity (Wildman–Crippen MR) is 133 cm³/mol. The van der Waals surface area contributed by atoms with E-state index in [2.05, 4.69) is 30.6 Å². The van der Waals surface area contributed by atoms with Gasteiger partial charge in [-0.25, -0.2) is 19.2 Å². The molecule has 4 rings (SSSR count). The molecule has 10 heteroatoms. The van der Waals surface area contributed by atoms with Gasteiger partial charge in [-0.3, -0.25) is 4.79 Å². The number of carboxylic acids is 1. The highest BCUT2D eigenvalue weighted by Crippen LogP contribution is 2.20. The molecule has 1 unspecified atom stereocenters. The molecule has 0 saturated heterocycles. The summed E-state index contributed by atoms with van der Waals surface area (Å²) >= 11 is 0. The number of aromatic nitrogens is 4. The predicted octanol–water partition coefficient (Wildman–Crippen LogP) is 3.85. The quantitative estimate of drug-likeness (QED) is 0.229. The van der Waals surface area contributed by atoms with Gasteiger partial charge in [0.2, 0.25) is 0 Å². The van der Waals surface area contributed by atoms with Crippen molar-refractivity contribution in [2.45, 2.75) is 39.3 Å². The van der Waals surface area contributed by atoms with Crippen LogP contribution in [-0.4, -0.2) is 43.0 Å². The van der Waals surface area contributed by atoms with E-state index in [1.807, 2.05) is 31.2 Å². The number of aromatic amines is 2. The molecule has 1 atom stereocenters. The Bertz CT molecular complexity index is 1350. The van der Waals surface area contributed by atoms with Crippen molar-refractivity contribution in [3.63, 3.8) is 0 Å². The number of hydrogen-bond donors (Lipinski definition) is 5. The number of imidazole rings is 2. The van der Waals surface area contributed by atoms with Gasteiger partial charge < -0.3 is 25.7 Å². The second-order valence-corrected chi connectivity index (χ2v) is 8.41. The number of carbonyl (C=O) groups excluding carboxylic acids is 1. The molecule has 0 spiro atoms. The standard InChI is InChI=1S/C26H27FN6O3/c1-3-17-12-19(27)10-15(2)23(17)24(34)33-20(25(35)36)11-16-4-6-18(7-5-16)21-13-30-22(32-21)14-31-26-28-8-9-29-26/h4-10,12-13,20H,3,11,14H2,1-2H3,(H,30,32)(H,33,34)(H,35,36)(H2,28,29,31). The molecule has 36 heavy (non-hydrogen) atoms. The Kier molecular flexibility index (Phi) is 7.43. The largest absolute Gasteiger partial charge is 0.480 e. The molecule has 0 radical (unpaired) electrons. The highest BCUT2D eigenvalue weighted by molar-refractivity contribution is 5.99. The van der Waals surface area contributed by atoms with Crippen molar-refractivity contribution in [1.82, 2.24) is 25.3 Å². The monoisotopic (exact) mass is 490 g/mol. The van der Waals surface area contributed by atoms with E-state index < -0.39 is 23.7 Å². The second kappa shape index (κ2) is 10.9. The lowest BCUT2D eigenvalue weighted by Gasteiger charge is -2.17. The van der Waals surface area contributed by atoms with E-state index in [1.54, 1.807) is 25.5 Å². The lowest BCUT2D eigenvalue weighted by molar-refractivity contribution is -0.139. The van der Waals surface area contributed by atoms with E-state index in [0.717, 1.165) is 22.6 Å². The smallest absolute Gasteiger partial charge is 0.326 e. The van der Waals surface area contributed by atoms with E-state index in [-0.39, 0.29) is 6.42 Å². The lowest BCUT2D eigenvalue weighted by atomic mass is 9.98. The molecule has 0 bridgehead atoms. The molecule has 4 aromatic rings. The number of aliphatic carboxylic acids is 1. The number of nitrogens with zero attached hydrogens (tertiary/aromatic N) is 2. The molecule has 0 aliphatic rings. The van der Waals surface area contributed by atoms with Gasteiger partial charge in [-0.05, 0) is 47.7 Å². The molecular weight excluding hydrogens is 463 g/mol. The summed E-state index contributed by atoms with van der Waals surface area (Å²) in [4.78, 5) is 39.5. The number of benzene rings is 2. The van der Waals surface area contributed by atoms with Crippen molar-refractivity contribution >= 4 is 17.8 Å². The van der Waals surface area contributed by atoms with Crippen LogP contribution in [0.1, 0.15) is 39.8 Å². The number of nitrogens with one attached hydrogen (secondary N) is 4. The van der Waals surface area contributed by atoms with E-state index in [9.17, 15) is 19.1 Å². The molecule has 186 valence electrons. The zero-order valence-corrected chi connectivity index (χ0v) is 19.9. The zero-order chi connectivity index (χ0) is 25.7. The van der Waals surface area contributed by atoms with E-state index in [4.69, 9.17) is 0 Å². The first kappa shape index (κ1) is 24.6. The zero-order valence-electron chi connectivity index (χ0n) is 19.9. The number of hydrogen-bond acceptors (Lipinski definition) is 5. The van der Waals surface area contributed by atoms with Crippen molar-refractivity contribution < 1.29 is 19.1 Å². The van der Waals surface area contributed by atoms with Gasteiger partial charge in [0.05, 0.1) is 18.4 Å². The Morgan fingerprint density at radius 2 is 1.94 bits per heavy atom. The molecular formula is C26H27FN6O3. The van der Waals surface area contributed by atoms with Crippen molar-refractivity contribution in [2.75, 3.05) is 5.32 Å². The number of anilines is 1. The van der Waals surface area contributed by atoms with Gasteiger partial charge in [0.15, 0.2) is 5.95 Å². The van der Waals surface area contributed by atoms with Crippen LogP contribution in [-0.2, 0) is 24.2 Å². The van der Waals surface area contributed by atoms with Crippen molar-refractivity contribution in [3.8, 4) is 11.3 Å². The van der Waals surface area contributed by atoms with Gasteiger partial charge >= 0.3 is 5.97 Å². The van der Waals surface area contributed by atoms with Crippen LogP contribution in [0.2, 0.25) is 0 Å². The molecule has 2 aromatic carbocycles. The third-order valence-electron chi connectivity index (χ3n) is 5.85. The third-order valence-corrected chi connectivity index (χ3v) is 5.85. The molecule has 0 saturated carbocycles. The minimum absolute atomic E-state index is 0.102. The summed E-state index contributed by atoms with van der Waals surface area (Å²) < 4.78 is 13.8. The highest BCUT2D eigenvalue weighted by Gasteiger charge is 2.24. The van der Waals surface area contributed by atoms with Gasteiger partial charge in [-0.1, -0.05) is 31.2 Å². The van der Waals surface area contributed by atoms with E-state index in [1.165, 1.54) is 12.1 Å². The van der Waals surface area contributed by atoms with Gasteiger partial charge in [0.25, 0.3) is 5.91 Å². The van der Waals surface area contributed by atoms with Gasteiger partial charge in [0, 0.05) is 24.4 Å². The summed E-state index contributed by atoms with van der Waals surface area (Å²) in [6, 6.07) is 8.82. The molecule has 2 heterocycles. The van der Waals surface area contributed by atoms with Crippen molar-refractivity contribution in [3.05, 3.63) is 88.9 Å². The summed E-state index contributed by atoms with van der Waals surface area (Å²) in [5.41, 5.74) is 3.78. The average Bonchev–Trinajstić information content (AvgIpc) is 3.54. The summed E-state index contributed by atoms with van der Waals surface area (Å²) in [5.74, 6) is -0.706. The number of amides is 1. The molecule has 0 fully saturated rings. The first-order chi connectivity index (χ1) is 17.3. The summed E-state index contributed by atoms with van der Waals surface area (Å²) in [6.07, 6.45) is 5.66. The Balaban J connectivity index is 1.42. The van der Waals surface area contributed by atoms with Crippen LogP contribution in [0.5, 0.6) is 0 Å². The maximum absolute atomic E-state index is 13.8. The Labute approximate surface area is 207 Å². The summed E-state index contributed by atoms with van der Waals surface area (Å²) in [5, 5.41) is 15.4. The summed E-state index contributed by atoms with van der Waals surface area (Å²) in [6.45, 7) is 3.93. The van der Waals surface area contributed by atoms with Crippen LogP contribution < -0.4 is 10.6 Å². The van der Waals surface area contributed by atoms with Crippen LogP contribution >= 0.6 is 0 Å². The number of rotatable bonds is 10. The molecule has 5 N–H and O–H groups in total.